The second-order valence-electron chi connectivity index (χ2n) is 4.30. The van der Waals surface area contributed by atoms with Gasteiger partial charge in [-0.25, -0.2) is 4.98 Å². The molecular formula is C13H17N5O3. The summed E-state index contributed by atoms with van der Waals surface area (Å²) >= 11 is 0. The van der Waals surface area contributed by atoms with Gasteiger partial charge in [-0.2, -0.15) is 5.26 Å². The molecule has 1 atom stereocenters. The first-order valence-corrected chi connectivity index (χ1v) is 6.55. The number of rotatable bonds is 6. The molecule has 0 aliphatic carbocycles. The Kier molecular flexibility index (Phi) is 5.60. The van der Waals surface area contributed by atoms with Crippen LogP contribution in [0.4, 0.5) is 11.5 Å². The average Bonchev–Trinajstić information content (AvgIpc) is 2.47. The van der Waals surface area contributed by atoms with Gasteiger partial charge in [0.2, 0.25) is 11.7 Å². The summed E-state index contributed by atoms with van der Waals surface area (Å²) in [4.78, 5) is 28.0. The lowest BCUT2D eigenvalue weighted by Crippen LogP contribution is -2.41. The maximum atomic E-state index is 12.1. The highest BCUT2D eigenvalue weighted by Gasteiger charge is 2.25. The zero-order chi connectivity index (χ0) is 16.0. The fourth-order valence-electron chi connectivity index (χ4n) is 1.91. The van der Waals surface area contributed by atoms with Crippen LogP contribution in [0.3, 0.4) is 0 Å². The van der Waals surface area contributed by atoms with E-state index in [1.54, 1.807) is 17.9 Å². The highest BCUT2D eigenvalue weighted by atomic mass is 16.6. The molecule has 1 aromatic rings. The summed E-state index contributed by atoms with van der Waals surface area (Å²) in [5, 5.41) is 22.7. The number of amides is 1. The molecule has 8 nitrogen and oxygen atoms in total. The number of aromatic nitrogens is 1. The summed E-state index contributed by atoms with van der Waals surface area (Å²) in [5.74, 6) is -0.259. The molecule has 0 fully saturated rings. The molecule has 112 valence electrons. The van der Waals surface area contributed by atoms with E-state index in [0.29, 0.717) is 13.1 Å². The molecule has 0 bridgehead atoms. The van der Waals surface area contributed by atoms with Crippen LogP contribution in [0.25, 0.3) is 0 Å². The number of nitrogens with one attached hydrogen (secondary N) is 1. The maximum Gasteiger partial charge on any atom is 0.328 e. The van der Waals surface area contributed by atoms with Crippen LogP contribution < -0.4 is 5.32 Å². The van der Waals surface area contributed by atoms with Crippen LogP contribution in [0.2, 0.25) is 0 Å². The molecule has 1 aromatic heterocycles. The summed E-state index contributed by atoms with van der Waals surface area (Å²) in [6.07, 6.45) is 1.29. The Morgan fingerprint density at radius 3 is 2.67 bits per heavy atom. The molecule has 0 aliphatic rings. The lowest BCUT2D eigenvalue weighted by Gasteiger charge is -2.23. The Hall–Kier alpha value is -2.69. The molecular weight excluding hydrogens is 274 g/mol. The van der Waals surface area contributed by atoms with Gasteiger partial charge in [-0.15, -0.1) is 0 Å². The van der Waals surface area contributed by atoms with E-state index in [0.717, 1.165) is 0 Å². The van der Waals surface area contributed by atoms with Crippen LogP contribution in [0, 0.1) is 21.4 Å². The number of carbonyl (C=O) groups excluding carboxylic acids is 1. The lowest BCUT2D eigenvalue weighted by atomic mass is 10.2. The van der Waals surface area contributed by atoms with Gasteiger partial charge in [0.15, 0.2) is 0 Å². The molecule has 1 unspecified atom stereocenters. The van der Waals surface area contributed by atoms with Gasteiger partial charge in [-0.3, -0.25) is 14.9 Å². The third-order valence-electron chi connectivity index (χ3n) is 3.03. The van der Waals surface area contributed by atoms with Gasteiger partial charge in [-0.1, -0.05) is 0 Å². The summed E-state index contributed by atoms with van der Waals surface area (Å²) in [7, 11) is 0. The van der Waals surface area contributed by atoms with E-state index in [4.69, 9.17) is 5.26 Å². The van der Waals surface area contributed by atoms with Crippen molar-refractivity contribution in [2.24, 2.45) is 0 Å². The molecule has 1 amide bonds. The molecule has 0 aromatic carbocycles. The normalized spacial score (nSPS) is 11.3. The van der Waals surface area contributed by atoms with E-state index in [9.17, 15) is 14.9 Å². The number of hydrogen-bond acceptors (Lipinski definition) is 6. The summed E-state index contributed by atoms with van der Waals surface area (Å²) in [5.41, 5.74) is -0.515. The molecule has 0 radical (unpaired) electrons. The fraction of sp³-hybridized carbons (Fsp3) is 0.462. The molecule has 1 rings (SSSR count). The van der Waals surface area contributed by atoms with E-state index in [1.807, 2.05) is 13.8 Å². The number of hydrogen-bond donors (Lipinski definition) is 1. The van der Waals surface area contributed by atoms with Crippen molar-refractivity contribution in [1.82, 2.24) is 9.88 Å². The van der Waals surface area contributed by atoms with Gasteiger partial charge < -0.3 is 10.2 Å². The molecule has 0 spiro atoms. The number of likely N-dealkylation sites (N-methyl/N-ethyl adjacent to an activating group) is 1. The highest BCUT2D eigenvalue weighted by Crippen LogP contribution is 2.26. The first kappa shape index (κ1) is 16.4. The van der Waals surface area contributed by atoms with Crippen LogP contribution in [0.15, 0.2) is 12.3 Å². The van der Waals surface area contributed by atoms with Gasteiger partial charge in [0.25, 0.3) is 0 Å². The van der Waals surface area contributed by atoms with Gasteiger partial charge in [0.1, 0.15) is 17.7 Å². The van der Waals surface area contributed by atoms with Crippen molar-refractivity contribution in [2.45, 2.75) is 26.8 Å². The predicted octanol–water partition coefficient (Wildman–Crippen LogP) is 1.53. The quantitative estimate of drug-likeness (QED) is 0.628. The number of anilines is 1. The van der Waals surface area contributed by atoms with E-state index < -0.39 is 16.7 Å². The van der Waals surface area contributed by atoms with E-state index >= 15 is 0 Å². The third-order valence-corrected chi connectivity index (χ3v) is 3.03. The summed E-state index contributed by atoms with van der Waals surface area (Å²) < 4.78 is 0. The fourth-order valence-corrected chi connectivity index (χ4v) is 1.91. The van der Waals surface area contributed by atoms with E-state index in [2.05, 4.69) is 10.3 Å². The van der Waals surface area contributed by atoms with Crippen LogP contribution >= 0.6 is 0 Å². The van der Waals surface area contributed by atoms with Crippen LogP contribution in [-0.2, 0) is 4.79 Å². The molecule has 0 saturated carbocycles. The number of nitrogens with zero attached hydrogens (tertiary/aromatic N) is 4. The predicted molar refractivity (Wildman–Crippen MR) is 76.6 cm³/mol. The van der Waals surface area contributed by atoms with Gasteiger partial charge >= 0.3 is 5.69 Å². The topological polar surface area (TPSA) is 112 Å². The Bertz CT molecular complexity index is 578. The molecule has 1 N–H and O–H groups in total. The number of carbonyl (C=O) groups is 1. The van der Waals surface area contributed by atoms with Crippen molar-refractivity contribution in [1.29, 1.82) is 5.26 Å². The second-order valence-corrected chi connectivity index (χ2v) is 4.30. The lowest BCUT2D eigenvalue weighted by molar-refractivity contribution is -0.384. The van der Waals surface area contributed by atoms with Gasteiger partial charge in [-0.05, 0) is 26.8 Å². The number of pyridine rings is 1. The molecule has 21 heavy (non-hydrogen) atoms. The SMILES string of the molecule is CCN(CC)C(=O)C(C)Nc1nccc(C#N)c1[N+](=O)[O-]. The Morgan fingerprint density at radius 2 is 2.19 bits per heavy atom. The van der Waals surface area contributed by atoms with Crippen molar-refractivity contribution < 1.29 is 9.72 Å². The zero-order valence-electron chi connectivity index (χ0n) is 12.2. The second kappa shape index (κ2) is 7.19. The van der Waals surface area contributed by atoms with Gasteiger partial charge in [0, 0.05) is 19.3 Å². The zero-order valence-corrected chi connectivity index (χ0v) is 12.2. The molecule has 0 aliphatic heterocycles. The van der Waals surface area contributed by atoms with Crippen molar-refractivity contribution in [3.8, 4) is 6.07 Å². The van der Waals surface area contributed by atoms with Crippen molar-refractivity contribution in [3.63, 3.8) is 0 Å². The summed E-state index contributed by atoms with van der Waals surface area (Å²) in [6, 6.07) is 2.34. The maximum absolute atomic E-state index is 12.1. The van der Waals surface area contributed by atoms with Crippen molar-refractivity contribution >= 4 is 17.4 Å². The van der Waals surface area contributed by atoms with E-state index in [-0.39, 0.29) is 17.3 Å². The average molecular weight is 291 g/mol. The minimum Gasteiger partial charge on any atom is -0.353 e. The molecule has 1 heterocycles. The Morgan fingerprint density at radius 1 is 1.57 bits per heavy atom. The van der Waals surface area contributed by atoms with Gasteiger partial charge in [0.05, 0.1) is 4.92 Å². The minimum absolute atomic E-state index is 0.0768. The van der Waals surface area contributed by atoms with Crippen LogP contribution in [0.1, 0.15) is 26.3 Å². The minimum atomic E-state index is -0.678. The van der Waals surface area contributed by atoms with Crippen LogP contribution in [0.5, 0.6) is 0 Å². The van der Waals surface area contributed by atoms with Crippen molar-refractivity contribution in [3.05, 3.63) is 27.9 Å². The first-order chi connectivity index (χ1) is 9.96. The monoisotopic (exact) mass is 291 g/mol. The number of nitro groups is 1. The van der Waals surface area contributed by atoms with E-state index in [1.165, 1.54) is 12.3 Å². The summed E-state index contributed by atoms with van der Waals surface area (Å²) in [6.45, 7) is 6.41. The Labute approximate surface area is 122 Å². The van der Waals surface area contributed by atoms with Crippen LogP contribution in [-0.4, -0.2) is 39.8 Å². The smallest absolute Gasteiger partial charge is 0.328 e. The molecule has 0 saturated heterocycles. The molecule has 8 heteroatoms. The highest BCUT2D eigenvalue weighted by molar-refractivity contribution is 5.85. The largest absolute Gasteiger partial charge is 0.353 e. The van der Waals surface area contributed by atoms with Crippen molar-refractivity contribution in [2.75, 3.05) is 18.4 Å². The first-order valence-electron chi connectivity index (χ1n) is 6.55. The third kappa shape index (κ3) is 3.66. The Balaban J connectivity index is 3.06. The standard InChI is InChI=1S/C13H17N5O3/c1-4-17(5-2)13(19)9(3)16-12-11(18(20)21)10(8-14)6-7-15-12/h6-7,9H,4-5H2,1-3H3,(H,15,16). The number of nitriles is 1.